The average molecular weight is 476 g/mol. The molecule has 1 fully saturated rings. The molecular formula is C18H33IN6O. The Balaban J connectivity index is 0.00000338. The van der Waals surface area contributed by atoms with Crippen LogP contribution in [0.25, 0.3) is 0 Å². The first kappa shape index (κ1) is 22.9. The number of pyridine rings is 1. The van der Waals surface area contributed by atoms with Crippen molar-refractivity contribution in [2.45, 2.75) is 20.4 Å². The van der Waals surface area contributed by atoms with E-state index >= 15 is 0 Å². The molecule has 1 aromatic heterocycles. The molecule has 1 aliphatic heterocycles. The van der Waals surface area contributed by atoms with E-state index in [2.05, 4.69) is 50.3 Å². The predicted molar refractivity (Wildman–Crippen MR) is 119 cm³/mol. The third-order valence-corrected chi connectivity index (χ3v) is 4.32. The summed E-state index contributed by atoms with van der Waals surface area (Å²) in [6, 6.07) is 4.19. The van der Waals surface area contributed by atoms with Crippen molar-refractivity contribution in [2.75, 3.05) is 64.4 Å². The lowest BCUT2D eigenvalue weighted by Crippen LogP contribution is -2.46. The quantitative estimate of drug-likeness (QED) is 0.257. The maximum Gasteiger partial charge on any atom is 0.191 e. The second-order valence-electron chi connectivity index (χ2n) is 6.06. The summed E-state index contributed by atoms with van der Waals surface area (Å²) in [5.74, 6) is 1.87. The Hall–Kier alpha value is -1.13. The zero-order valence-corrected chi connectivity index (χ0v) is 18.5. The molecule has 0 atom stereocenters. The van der Waals surface area contributed by atoms with E-state index in [1.54, 1.807) is 7.11 Å². The lowest BCUT2D eigenvalue weighted by Gasteiger charge is -2.34. The number of methoxy groups -OCH3 is 1. The normalized spacial score (nSPS) is 15.5. The molecule has 0 unspecified atom stereocenters. The maximum atomic E-state index is 5.07. The van der Waals surface area contributed by atoms with Crippen molar-refractivity contribution in [3.8, 4) is 0 Å². The minimum Gasteiger partial charge on any atom is -0.383 e. The van der Waals surface area contributed by atoms with Gasteiger partial charge < -0.3 is 25.2 Å². The second-order valence-corrected chi connectivity index (χ2v) is 6.06. The Morgan fingerprint density at radius 3 is 2.65 bits per heavy atom. The molecule has 8 heteroatoms. The Bertz CT molecular complexity index is 534. The Kier molecular flexibility index (Phi) is 11.5. The smallest absolute Gasteiger partial charge is 0.191 e. The summed E-state index contributed by atoms with van der Waals surface area (Å²) in [6.07, 6.45) is 1.89. The number of ether oxygens (including phenoxy) is 1. The van der Waals surface area contributed by atoms with Crippen molar-refractivity contribution < 1.29 is 4.74 Å². The molecule has 1 aliphatic rings. The van der Waals surface area contributed by atoms with E-state index in [1.165, 1.54) is 5.56 Å². The van der Waals surface area contributed by atoms with Crippen LogP contribution in [-0.4, -0.2) is 75.4 Å². The number of nitrogens with one attached hydrogen (secondary N) is 2. The molecule has 148 valence electrons. The molecule has 0 amide bonds. The van der Waals surface area contributed by atoms with Crippen LogP contribution in [0.15, 0.2) is 23.3 Å². The summed E-state index contributed by atoms with van der Waals surface area (Å²) in [6.45, 7) is 12.6. The fraction of sp³-hybridized carbons (Fsp3) is 0.667. The van der Waals surface area contributed by atoms with E-state index in [0.29, 0.717) is 13.2 Å². The minimum atomic E-state index is 0. The molecule has 0 bridgehead atoms. The van der Waals surface area contributed by atoms with Gasteiger partial charge in [0, 0.05) is 52.6 Å². The number of nitrogens with zero attached hydrogens (tertiary/aromatic N) is 4. The minimum absolute atomic E-state index is 0. The first-order valence-electron chi connectivity index (χ1n) is 9.20. The van der Waals surface area contributed by atoms with Crippen molar-refractivity contribution in [1.82, 2.24) is 20.5 Å². The van der Waals surface area contributed by atoms with Gasteiger partial charge in [0.1, 0.15) is 5.82 Å². The van der Waals surface area contributed by atoms with Crippen molar-refractivity contribution in [1.29, 1.82) is 0 Å². The molecule has 2 heterocycles. The van der Waals surface area contributed by atoms with Gasteiger partial charge in [-0.15, -0.1) is 24.0 Å². The highest BCUT2D eigenvalue weighted by Crippen LogP contribution is 2.15. The fourth-order valence-corrected chi connectivity index (χ4v) is 2.81. The van der Waals surface area contributed by atoms with Crippen LogP contribution in [0.3, 0.4) is 0 Å². The van der Waals surface area contributed by atoms with E-state index in [0.717, 1.165) is 57.6 Å². The molecule has 0 aliphatic carbocycles. The average Bonchev–Trinajstić information content (AvgIpc) is 2.66. The number of likely N-dealkylation sites (N-methyl/N-ethyl adjacent to an activating group) is 1. The van der Waals surface area contributed by atoms with Gasteiger partial charge in [-0.2, -0.15) is 0 Å². The Labute approximate surface area is 174 Å². The lowest BCUT2D eigenvalue weighted by atomic mass is 10.2. The van der Waals surface area contributed by atoms with Crippen LogP contribution in [0.5, 0.6) is 0 Å². The summed E-state index contributed by atoms with van der Waals surface area (Å²) < 4.78 is 5.07. The molecule has 0 saturated carbocycles. The van der Waals surface area contributed by atoms with Crippen LogP contribution in [0.1, 0.15) is 19.4 Å². The highest BCUT2D eigenvalue weighted by molar-refractivity contribution is 14.0. The van der Waals surface area contributed by atoms with Crippen molar-refractivity contribution >= 4 is 35.8 Å². The van der Waals surface area contributed by atoms with Gasteiger partial charge in [0.15, 0.2) is 5.96 Å². The fourth-order valence-electron chi connectivity index (χ4n) is 2.81. The summed E-state index contributed by atoms with van der Waals surface area (Å²) in [4.78, 5) is 14.0. The molecule has 2 N–H and O–H groups in total. The molecule has 7 nitrogen and oxygen atoms in total. The van der Waals surface area contributed by atoms with E-state index < -0.39 is 0 Å². The van der Waals surface area contributed by atoms with E-state index in [9.17, 15) is 0 Å². The summed E-state index contributed by atoms with van der Waals surface area (Å²) in [5.41, 5.74) is 1.17. The van der Waals surface area contributed by atoms with Gasteiger partial charge >= 0.3 is 0 Å². The van der Waals surface area contributed by atoms with Crippen molar-refractivity contribution in [2.24, 2.45) is 4.99 Å². The monoisotopic (exact) mass is 476 g/mol. The summed E-state index contributed by atoms with van der Waals surface area (Å²) in [5, 5.41) is 6.52. The largest absolute Gasteiger partial charge is 0.383 e. The topological polar surface area (TPSA) is 65.0 Å². The van der Waals surface area contributed by atoms with Crippen LogP contribution in [0.4, 0.5) is 5.82 Å². The zero-order chi connectivity index (χ0) is 17.9. The van der Waals surface area contributed by atoms with Crippen LogP contribution < -0.4 is 15.5 Å². The first-order chi connectivity index (χ1) is 12.3. The molecule has 2 rings (SSSR count). The Morgan fingerprint density at radius 1 is 1.23 bits per heavy atom. The van der Waals surface area contributed by atoms with Crippen LogP contribution >= 0.6 is 24.0 Å². The highest BCUT2D eigenvalue weighted by atomic mass is 127. The number of aliphatic imine (C=N–C) groups is 1. The number of halogens is 1. The lowest BCUT2D eigenvalue weighted by molar-refractivity contribution is 0.203. The summed E-state index contributed by atoms with van der Waals surface area (Å²) >= 11 is 0. The highest BCUT2D eigenvalue weighted by Gasteiger charge is 2.16. The van der Waals surface area contributed by atoms with Crippen LogP contribution in [0, 0.1) is 0 Å². The number of guanidine groups is 1. The standard InChI is InChI=1S/C18H32N6O.HI/c1-4-19-18(21-8-13-25-3)22-15-16-6-7-20-17(14-16)24-11-9-23(5-2)10-12-24;/h6-7,14H,4-5,8-13,15H2,1-3H3,(H2,19,21,22);1H. The van der Waals surface area contributed by atoms with Gasteiger partial charge in [-0.3, -0.25) is 0 Å². The van der Waals surface area contributed by atoms with Gasteiger partial charge in [0.2, 0.25) is 0 Å². The maximum absolute atomic E-state index is 5.07. The number of aromatic nitrogens is 1. The molecular weight excluding hydrogens is 443 g/mol. The third kappa shape index (κ3) is 7.63. The van der Waals surface area contributed by atoms with Crippen molar-refractivity contribution in [3.63, 3.8) is 0 Å². The SMILES string of the molecule is CCNC(=NCc1ccnc(N2CCN(CC)CC2)c1)NCCOC.I. The van der Waals surface area contributed by atoms with E-state index in [1.807, 2.05) is 12.3 Å². The van der Waals surface area contributed by atoms with Crippen LogP contribution in [0.2, 0.25) is 0 Å². The van der Waals surface area contributed by atoms with Crippen molar-refractivity contribution in [3.05, 3.63) is 23.9 Å². The molecule has 0 radical (unpaired) electrons. The zero-order valence-electron chi connectivity index (χ0n) is 16.2. The molecule has 26 heavy (non-hydrogen) atoms. The van der Waals surface area contributed by atoms with E-state index in [4.69, 9.17) is 4.74 Å². The van der Waals surface area contributed by atoms with Gasteiger partial charge in [-0.1, -0.05) is 6.92 Å². The number of piperazine rings is 1. The number of hydrogen-bond donors (Lipinski definition) is 2. The third-order valence-electron chi connectivity index (χ3n) is 4.32. The molecule has 1 aromatic rings. The molecule has 1 saturated heterocycles. The number of anilines is 1. The number of rotatable bonds is 8. The Morgan fingerprint density at radius 2 is 2.00 bits per heavy atom. The molecule has 0 spiro atoms. The van der Waals surface area contributed by atoms with Gasteiger partial charge in [-0.25, -0.2) is 9.98 Å². The first-order valence-corrected chi connectivity index (χ1v) is 9.20. The molecule has 0 aromatic carbocycles. The van der Waals surface area contributed by atoms with E-state index in [-0.39, 0.29) is 24.0 Å². The van der Waals surface area contributed by atoms with Gasteiger partial charge in [0.05, 0.1) is 13.2 Å². The van der Waals surface area contributed by atoms with Gasteiger partial charge in [-0.05, 0) is 31.2 Å². The van der Waals surface area contributed by atoms with Crippen LogP contribution in [-0.2, 0) is 11.3 Å². The summed E-state index contributed by atoms with van der Waals surface area (Å²) in [7, 11) is 1.70. The van der Waals surface area contributed by atoms with Gasteiger partial charge in [0.25, 0.3) is 0 Å². The number of hydrogen-bond acceptors (Lipinski definition) is 5. The second kappa shape index (κ2) is 13.1. The predicted octanol–water partition coefficient (Wildman–Crippen LogP) is 1.54.